The Morgan fingerprint density at radius 3 is 2.73 bits per heavy atom. The van der Waals surface area contributed by atoms with Crippen LogP contribution < -0.4 is 19.7 Å². The van der Waals surface area contributed by atoms with E-state index in [4.69, 9.17) is 9.47 Å². The largest absolute Gasteiger partial charge is 0.454 e. The normalized spacial score (nSPS) is 12.0. The van der Waals surface area contributed by atoms with Gasteiger partial charge in [0.25, 0.3) is 0 Å². The van der Waals surface area contributed by atoms with E-state index in [1.807, 2.05) is 30.3 Å². The smallest absolute Gasteiger partial charge is 0.231 e. The highest BCUT2D eigenvalue weighted by Gasteiger charge is 2.14. The van der Waals surface area contributed by atoms with Crippen molar-refractivity contribution >= 4 is 17.5 Å². The van der Waals surface area contributed by atoms with Crippen molar-refractivity contribution in [3.8, 4) is 11.5 Å². The minimum atomic E-state index is 0.260. The molecule has 1 aliphatic heterocycles. The molecule has 0 aliphatic carbocycles. The van der Waals surface area contributed by atoms with Gasteiger partial charge < -0.3 is 19.7 Å². The molecular formula is C20H20N4O2. The quantitative estimate of drug-likeness (QED) is 0.727. The summed E-state index contributed by atoms with van der Waals surface area (Å²) < 4.78 is 10.7. The van der Waals surface area contributed by atoms with E-state index < -0.39 is 0 Å². The van der Waals surface area contributed by atoms with Gasteiger partial charge in [-0.3, -0.25) is 0 Å². The first kappa shape index (κ1) is 16.2. The summed E-state index contributed by atoms with van der Waals surface area (Å²) >= 11 is 0. The monoisotopic (exact) mass is 348 g/mol. The molecular weight excluding hydrogens is 328 g/mol. The summed E-state index contributed by atoms with van der Waals surface area (Å²) in [5, 5.41) is 3.23. The fraction of sp³-hybridized carbons (Fsp3) is 0.200. The molecule has 0 atom stereocenters. The molecule has 6 heteroatoms. The van der Waals surface area contributed by atoms with Gasteiger partial charge in [-0.25, -0.2) is 4.98 Å². The molecule has 2 aromatic carbocycles. The van der Waals surface area contributed by atoms with Crippen LogP contribution in [0.15, 0.2) is 60.8 Å². The van der Waals surface area contributed by atoms with Gasteiger partial charge in [-0.15, -0.1) is 0 Å². The molecule has 26 heavy (non-hydrogen) atoms. The van der Waals surface area contributed by atoms with Crippen molar-refractivity contribution in [3.63, 3.8) is 0 Å². The first-order valence-electron chi connectivity index (χ1n) is 8.60. The Balaban J connectivity index is 1.52. The Bertz CT molecular complexity index is 886. The summed E-state index contributed by atoms with van der Waals surface area (Å²) in [4.78, 5) is 11.2. The number of hydrogen-bond acceptors (Lipinski definition) is 6. The van der Waals surface area contributed by atoms with Gasteiger partial charge in [-0.1, -0.05) is 30.3 Å². The maximum absolute atomic E-state index is 5.41. The zero-order valence-electron chi connectivity index (χ0n) is 14.6. The first-order chi connectivity index (χ1) is 12.8. The van der Waals surface area contributed by atoms with Crippen LogP contribution in [0, 0.1) is 0 Å². The number of nitrogens with zero attached hydrogens (tertiary/aromatic N) is 3. The fourth-order valence-corrected chi connectivity index (χ4v) is 2.85. The average molecular weight is 348 g/mol. The van der Waals surface area contributed by atoms with Crippen molar-refractivity contribution in [2.75, 3.05) is 23.6 Å². The molecule has 0 spiro atoms. The first-order valence-corrected chi connectivity index (χ1v) is 8.60. The molecule has 1 aromatic heterocycles. The van der Waals surface area contributed by atoms with E-state index in [2.05, 4.69) is 51.4 Å². The summed E-state index contributed by atoms with van der Waals surface area (Å²) in [7, 11) is 0. The van der Waals surface area contributed by atoms with Crippen LogP contribution in [0.3, 0.4) is 0 Å². The Morgan fingerprint density at radius 1 is 1.04 bits per heavy atom. The lowest BCUT2D eigenvalue weighted by Crippen LogP contribution is -2.23. The summed E-state index contributed by atoms with van der Waals surface area (Å²) in [6, 6.07) is 18.0. The lowest BCUT2D eigenvalue weighted by molar-refractivity contribution is 0.174. The number of aromatic nitrogens is 2. The molecule has 1 N–H and O–H groups in total. The van der Waals surface area contributed by atoms with Gasteiger partial charge in [-0.2, -0.15) is 4.98 Å². The van der Waals surface area contributed by atoms with E-state index >= 15 is 0 Å². The average Bonchev–Trinajstić information content (AvgIpc) is 3.15. The second kappa shape index (κ2) is 7.31. The summed E-state index contributed by atoms with van der Waals surface area (Å²) in [5.74, 6) is 2.91. The van der Waals surface area contributed by atoms with Crippen LogP contribution in [0.5, 0.6) is 11.5 Å². The lowest BCUT2D eigenvalue weighted by Gasteiger charge is -2.22. The number of hydrogen-bond donors (Lipinski definition) is 1. The predicted molar refractivity (Wildman–Crippen MR) is 101 cm³/mol. The van der Waals surface area contributed by atoms with Crippen molar-refractivity contribution in [2.45, 2.75) is 13.5 Å². The van der Waals surface area contributed by atoms with Gasteiger partial charge >= 0.3 is 0 Å². The second-order valence-electron chi connectivity index (χ2n) is 5.93. The predicted octanol–water partition coefficient (Wildman–Crippen LogP) is 3.98. The second-order valence-corrected chi connectivity index (χ2v) is 5.93. The molecule has 0 saturated carbocycles. The van der Waals surface area contributed by atoms with Crippen molar-refractivity contribution < 1.29 is 9.47 Å². The van der Waals surface area contributed by atoms with Crippen LogP contribution >= 0.6 is 0 Å². The molecule has 3 aromatic rings. The van der Waals surface area contributed by atoms with Crippen molar-refractivity contribution in [1.82, 2.24) is 9.97 Å². The topological polar surface area (TPSA) is 59.5 Å². The lowest BCUT2D eigenvalue weighted by atomic mass is 10.2. The third-order valence-corrected chi connectivity index (χ3v) is 4.19. The van der Waals surface area contributed by atoms with Crippen LogP contribution in [0.2, 0.25) is 0 Å². The zero-order chi connectivity index (χ0) is 17.8. The van der Waals surface area contributed by atoms with E-state index in [-0.39, 0.29) is 6.79 Å². The summed E-state index contributed by atoms with van der Waals surface area (Å²) in [6.45, 7) is 4.04. The minimum Gasteiger partial charge on any atom is -0.454 e. The summed E-state index contributed by atoms with van der Waals surface area (Å²) in [6.07, 6.45) is 1.77. The number of nitrogens with one attached hydrogen (secondary N) is 1. The van der Waals surface area contributed by atoms with E-state index in [9.17, 15) is 0 Å². The van der Waals surface area contributed by atoms with E-state index in [0.717, 1.165) is 36.1 Å². The number of ether oxygens (including phenoxy) is 2. The highest BCUT2D eigenvalue weighted by Crippen LogP contribution is 2.34. The van der Waals surface area contributed by atoms with Crippen molar-refractivity contribution in [3.05, 3.63) is 66.4 Å². The van der Waals surface area contributed by atoms with E-state index in [0.29, 0.717) is 5.95 Å². The van der Waals surface area contributed by atoms with Crippen LogP contribution in [0.4, 0.5) is 17.5 Å². The summed E-state index contributed by atoms with van der Waals surface area (Å²) in [5.41, 5.74) is 2.11. The number of anilines is 3. The SMILES string of the molecule is CCN(Cc1ccccc1)c1ccnc(Nc2ccc3c(c2)OCO3)n1. The maximum atomic E-state index is 5.41. The molecule has 132 valence electrons. The van der Waals surface area contributed by atoms with Crippen LogP contribution in [0.25, 0.3) is 0 Å². The van der Waals surface area contributed by atoms with Gasteiger partial charge in [0.1, 0.15) is 5.82 Å². The minimum absolute atomic E-state index is 0.260. The number of fused-ring (bicyclic) bond motifs is 1. The Hall–Kier alpha value is -3.28. The number of benzene rings is 2. The maximum Gasteiger partial charge on any atom is 0.231 e. The van der Waals surface area contributed by atoms with Crippen molar-refractivity contribution in [1.29, 1.82) is 0 Å². The highest BCUT2D eigenvalue weighted by molar-refractivity contribution is 5.61. The van der Waals surface area contributed by atoms with E-state index in [1.165, 1.54) is 5.56 Å². The van der Waals surface area contributed by atoms with Crippen LogP contribution in [-0.2, 0) is 6.54 Å². The molecule has 2 heterocycles. The molecule has 0 radical (unpaired) electrons. The molecule has 4 rings (SSSR count). The zero-order valence-corrected chi connectivity index (χ0v) is 14.6. The molecule has 0 unspecified atom stereocenters. The Morgan fingerprint density at radius 2 is 1.88 bits per heavy atom. The van der Waals surface area contributed by atoms with Crippen LogP contribution in [-0.4, -0.2) is 23.3 Å². The van der Waals surface area contributed by atoms with Crippen molar-refractivity contribution in [2.24, 2.45) is 0 Å². The Kier molecular flexibility index (Phi) is 4.55. The molecule has 1 aliphatic rings. The fourth-order valence-electron chi connectivity index (χ4n) is 2.85. The molecule has 0 saturated heterocycles. The molecule has 0 fully saturated rings. The molecule has 6 nitrogen and oxygen atoms in total. The van der Waals surface area contributed by atoms with Gasteiger partial charge in [0, 0.05) is 31.0 Å². The third kappa shape index (κ3) is 3.54. The Labute approximate surface area is 152 Å². The molecule has 0 amide bonds. The van der Waals surface area contributed by atoms with Gasteiger partial charge in [-0.05, 0) is 30.7 Å². The third-order valence-electron chi connectivity index (χ3n) is 4.19. The van der Waals surface area contributed by atoms with Crippen LogP contribution in [0.1, 0.15) is 12.5 Å². The van der Waals surface area contributed by atoms with Gasteiger partial charge in [0.05, 0.1) is 0 Å². The standard InChI is InChI=1S/C20H20N4O2/c1-2-24(13-15-6-4-3-5-7-15)19-10-11-21-20(23-19)22-16-8-9-17-18(12-16)26-14-25-17/h3-12H,2,13-14H2,1H3,(H,21,22,23). The van der Waals surface area contributed by atoms with E-state index in [1.54, 1.807) is 6.20 Å². The molecule has 0 bridgehead atoms. The highest BCUT2D eigenvalue weighted by atomic mass is 16.7. The number of rotatable bonds is 6. The van der Waals surface area contributed by atoms with Gasteiger partial charge in [0.15, 0.2) is 11.5 Å². The van der Waals surface area contributed by atoms with Gasteiger partial charge in [0.2, 0.25) is 12.7 Å².